The Morgan fingerprint density at radius 3 is 2.76 bits per heavy atom. The number of allylic oxidation sites excluding steroid dienone is 1. The third kappa shape index (κ3) is 4.87. The van der Waals surface area contributed by atoms with E-state index in [1.807, 2.05) is 0 Å². The Morgan fingerprint density at radius 2 is 2.09 bits per heavy atom. The van der Waals surface area contributed by atoms with Crippen LogP contribution in [-0.2, 0) is 19.1 Å². The lowest BCUT2D eigenvalue weighted by atomic mass is 9.71. The van der Waals surface area contributed by atoms with E-state index < -0.39 is 22.6 Å². The number of likely N-dealkylation sites (tertiary alicyclic amines) is 1. The molecule has 3 fully saturated rings. The van der Waals surface area contributed by atoms with Crippen molar-refractivity contribution in [2.45, 2.75) is 67.9 Å². The topological polar surface area (TPSA) is 87.2 Å². The second kappa shape index (κ2) is 11.6. The van der Waals surface area contributed by atoms with Crippen LogP contribution in [0.3, 0.4) is 0 Å². The molecule has 184 valence electrons. The summed E-state index contributed by atoms with van der Waals surface area (Å²) in [4.78, 5) is 43.8. The third-order valence-corrected chi connectivity index (χ3v) is 9.09. The van der Waals surface area contributed by atoms with Crippen LogP contribution in [0.4, 0.5) is 0 Å². The summed E-state index contributed by atoms with van der Waals surface area (Å²) in [6.07, 6.45) is 9.44. The molecule has 3 aliphatic rings. The number of carbonyl (C=O) groups is 3. The summed E-state index contributed by atoms with van der Waals surface area (Å²) in [6.45, 7) is 10.8. The van der Waals surface area contributed by atoms with Crippen molar-refractivity contribution < 1.29 is 24.2 Å². The highest BCUT2D eigenvalue weighted by atomic mass is 32.2. The zero-order valence-corrected chi connectivity index (χ0v) is 20.6. The molecule has 2 amide bonds. The number of amides is 2. The number of nitrogens with zero attached hydrogens (tertiary/aromatic N) is 2. The molecular weight excluding hydrogens is 440 g/mol. The van der Waals surface area contributed by atoms with Crippen LogP contribution in [0.25, 0.3) is 0 Å². The molecule has 0 aliphatic carbocycles. The Balaban J connectivity index is 1.86. The van der Waals surface area contributed by atoms with Gasteiger partial charge in [-0.1, -0.05) is 31.9 Å². The first-order valence-electron chi connectivity index (χ1n) is 12.2. The predicted octanol–water partition coefficient (Wildman–Crippen LogP) is 2.78. The van der Waals surface area contributed by atoms with Crippen molar-refractivity contribution >= 4 is 29.5 Å². The fourth-order valence-electron chi connectivity index (χ4n) is 5.72. The summed E-state index contributed by atoms with van der Waals surface area (Å²) >= 11 is 1.63. The fourth-order valence-corrected chi connectivity index (χ4v) is 7.92. The smallest absolute Gasteiger partial charge is 0.310 e. The van der Waals surface area contributed by atoms with E-state index in [-0.39, 0.29) is 36.2 Å². The molecule has 0 aromatic heterocycles. The molecule has 3 heterocycles. The van der Waals surface area contributed by atoms with Gasteiger partial charge in [-0.15, -0.1) is 24.9 Å². The van der Waals surface area contributed by atoms with Gasteiger partial charge < -0.3 is 19.6 Å². The van der Waals surface area contributed by atoms with E-state index in [9.17, 15) is 19.5 Å². The van der Waals surface area contributed by atoms with Crippen molar-refractivity contribution in [2.24, 2.45) is 11.8 Å². The highest BCUT2D eigenvalue weighted by Crippen LogP contribution is 2.66. The largest absolute Gasteiger partial charge is 0.465 e. The van der Waals surface area contributed by atoms with Crippen molar-refractivity contribution in [3.63, 3.8) is 0 Å². The standard InChI is InChI=1S/C25H38N2O5S/c1-4-7-9-14-26(13-6-3)23(30)21-25-12-11-18(33-25)19(24(31)32-17-10-8-5-2)20(25)22(29)27(21)15-16-28/h5-6,18-21,28H,2-4,7-17H2,1H3/t18-,19+,20-,21?,25?/m0/s1. The SMILES string of the molecule is C=CCCCOC(=O)[C@@H]1[C@@H]2CCC3(S2)C(C(=O)N(CC=C)CCCCC)N(CCO)C(=O)[C@H]13. The molecule has 3 rings (SSSR count). The molecule has 0 aromatic rings. The molecule has 7 nitrogen and oxygen atoms in total. The van der Waals surface area contributed by atoms with E-state index in [1.165, 1.54) is 4.90 Å². The third-order valence-electron chi connectivity index (χ3n) is 7.14. The zero-order chi connectivity index (χ0) is 24.0. The first-order chi connectivity index (χ1) is 16.0. The highest BCUT2D eigenvalue weighted by Gasteiger charge is 2.74. The summed E-state index contributed by atoms with van der Waals surface area (Å²) in [5, 5.41) is 9.68. The number of aliphatic hydroxyl groups is 1. The number of fused-ring (bicyclic) bond motifs is 1. The molecule has 33 heavy (non-hydrogen) atoms. The first-order valence-corrected chi connectivity index (χ1v) is 13.1. The van der Waals surface area contributed by atoms with Crippen LogP contribution in [0.2, 0.25) is 0 Å². The number of rotatable bonds is 14. The normalized spacial score (nSPS) is 29.8. The average molecular weight is 479 g/mol. The Labute approximate surface area is 201 Å². The minimum Gasteiger partial charge on any atom is -0.465 e. The number of esters is 1. The quantitative estimate of drug-likeness (QED) is 0.235. The van der Waals surface area contributed by atoms with Gasteiger partial charge in [-0.05, 0) is 32.1 Å². The average Bonchev–Trinajstić information content (AvgIpc) is 3.44. The lowest BCUT2D eigenvalue weighted by Gasteiger charge is -2.37. The number of ether oxygens (including phenoxy) is 1. The number of aliphatic hydroxyl groups excluding tert-OH is 1. The summed E-state index contributed by atoms with van der Waals surface area (Å²) in [5.41, 5.74) is 0. The lowest BCUT2D eigenvalue weighted by molar-refractivity contribution is -0.154. The van der Waals surface area contributed by atoms with E-state index >= 15 is 0 Å². The number of thioether (sulfide) groups is 1. The molecule has 8 heteroatoms. The fraction of sp³-hybridized carbons (Fsp3) is 0.720. The van der Waals surface area contributed by atoms with Gasteiger partial charge in [0.15, 0.2) is 0 Å². The molecule has 0 radical (unpaired) electrons. The zero-order valence-electron chi connectivity index (χ0n) is 19.7. The highest BCUT2D eigenvalue weighted by molar-refractivity contribution is 8.02. The van der Waals surface area contributed by atoms with Gasteiger partial charge in [0.05, 0.1) is 29.8 Å². The number of hydrogen-bond donors (Lipinski definition) is 1. The molecule has 5 atom stereocenters. The number of hydrogen-bond acceptors (Lipinski definition) is 6. The van der Waals surface area contributed by atoms with Crippen molar-refractivity contribution in [3.8, 4) is 0 Å². The van der Waals surface area contributed by atoms with Gasteiger partial charge in [0, 0.05) is 24.9 Å². The van der Waals surface area contributed by atoms with Crippen molar-refractivity contribution in [1.29, 1.82) is 0 Å². The Morgan fingerprint density at radius 1 is 1.30 bits per heavy atom. The van der Waals surface area contributed by atoms with Gasteiger partial charge in [-0.2, -0.15) is 0 Å². The van der Waals surface area contributed by atoms with Crippen molar-refractivity contribution in [1.82, 2.24) is 9.80 Å². The molecule has 3 saturated heterocycles. The molecule has 1 spiro atoms. The Bertz CT molecular complexity index is 759. The number of unbranched alkanes of at least 4 members (excludes halogenated alkanes) is 3. The predicted molar refractivity (Wildman–Crippen MR) is 130 cm³/mol. The number of β-amino-alcohol motifs (C(OH)–C–C–N with tert-alkyl or cyclic N) is 1. The van der Waals surface area contributed by atoms with Crippen molar-refractivity contribution in [2.75, 3.05) is 32.8 Å². The maximum atomic E-state index is 13.9. The van der Waals surface area contributed by atoms with Crippen LogP contribution in [0.1, 0.15) is 51.9 Å². The summed E-state index contributed by atoms with van der Waals surface area (Å²) in [5.74, 6) is -1.73. The first kappa shape index (κ1) is 25.8. The lowest BCUT2D eigenvalue weighted by Crippen LogP contribution is -2.55. The van der Waals surface area contributed by atoms with Crippen LogP contribution < -0.4 is 0 Å². The molecule has 0 saturated carbocycles. The molecule has 3 aliphatic heterocycles. The van der Waals surface area contributed by atoms with Crippen LogP contribution in [0.15, 0.2) is 25.3 Å². The van der Waals surface area contributed by atoms with Crippen LogP contribution in [0.5, 0.6) is 0 Å². The van der Waals surface area contributed by atoms with Gasteiger partial charge in [-0.25, -0.2) is 0 Å². The summed E-state index contributed by atoms with van der Waals surface area (Å²) < 4.78 is 4.91. The molecular formula is C25H38N2O5S. The minimum absolute atomic E-state index is 0.00891. The molecule has 2 unspecified atom stereocenters. The van der Waals surface area contributed by atoms with Gasteiger partial charge in [0.2, 0.25) is 11.8 Å². The molecule has 1 N–H and O–H groups in total. The van der Waals surface area contributed by atoms with E-state index in [2.05, 4.69) is 20.1 Å². The maximum Gasteiger partial charge on any atom is 0.310 e. The molecule has 2 bridgehead atoms. The van der Waals surface area contributed by atoms with Gasteiger partial charge in [-0.3, -0.25) is 14.4 Å². The Kier molecular flexibility index (Phi) is 9.04. The van der Waals surface area contributed by atoms with Gasteiger partial charge in [0.25, 0.3) is 0 Å². The van der Waals surface area contributed by atoms with Crippen LogP contribution in [0, 0.1) is 11.8 Å². The maximum absolute atomic E-state index is 13.9. The van der Waals surface area contributed by atoms with Crippen LogP contribution in [-0.4, -0.2) is 81.6 Å². The van der Waals surface area contributed by atoms with E-state index in [0.29, 0.717) is 32.5 Å². The summed E-state index contributed by atoms with van der Waals surface area (Å²) in [6, 6.07) is -0.669. The van der Waals surface area contributed by atoms with Gasteiger partial charge in [0.1, 0.15) is 6.04 Å². The van der Waals surface area contributed by atoms with Crippen molar-refractivity contribution in [3.05, 3.63) is 25.3 Å². The number of carbonyl (C=O) groups excluding carboxylic acids is 3. The van der Waals surface area contributed by atoms with Crippen LogP contribution >= 0.6 is 11.8 Å². The monoisotopic (exact) mass is 478 g/mol. The second-order valence-corrected chi connectivity index (χ2v) is 10.8. The molecule has 0 aromatic carbocycles. The van der Waals surface area contributed by atoms with Gasteiger partial charge >= 0.3 is 5.97 Å². The minimum atomic E-state index is -0.669. The summed E-state index contributed by atoms with van der Waals surface area (Å²) in [7, 11) is 0. The van der Waals surface area contributed by atoms with E-state index in [1.54, 1.807) is 28.8 Å². The van der Waals surface area contributed by atoms with E-state index in [4.69, 9.17) is 4.74 Å². The Hall–Kier alpha value is -1.80. The second-order valence-electron chi connectivity index (χ2n) is 9.19. The van der Waals surface area contributed by atoms with E-state index in [0.717, 1.165) is 32.1 Å².